The van der Waals surface area contributed by atoms with E-state index >= 15 is 0 Å². The summed E-state index contributed by atoms with van der Waals surface area (Å²) in [5, 5.41) is 17.6. The Morgan fingerprint density at radius 2 is 1.80 bits per heavy atom. The van der Waals surface area contributed by atoms with Gasteiger partial charge in [-0.2, -0.15) is 13.2 Å². The molecule has 0 aliphatic heterocycles. The maximum absolute atomic E-state index is 12.6. The molecule has 0 saturated heterocycles. The van der Waals surface area contributed by atoms with Crippen LogP contribution in [0.5, 0.6) is 11.5 Å². The van der Waals surface area contributed by atoms with Crippen LogP contribution in [-0.4, -0.2) is 27.5 Å². The Morgan fingerprint density at radius 1 is 1.25 bits per heavy atom. The SMILES string of the molecule is O=C(O)Cc1c(C(F)(F)F)ncc(O)c1OC(F)(F)F. The Kier molecular flexibility index (Phi) is 4.01. The van der Waals surface area contributed by atoms with Gasteiger partial charge >= 0.3 is 18.5 Å². The first-order chi connectivity index (χ1) is 8.92. The van der Waals surface area contributed by atoms with Crippen LogP contribution in [0.15, 0.2) is 6.20 Å². The smallest absolute Gasteiger partial charge is 0.503 e. The highest BCUT2D eigenvalue weighted by Gasteiger charge is 2.41. The van der Waals surface area contributed by atoms with E-state index in [1.165, 1.54) is 0 Å². The van der Waals surface area contributed by atoms with E-state index in [0.717, 1.165) is 0 Å². The number of aliphatic carboxylic acids is 1. The molecule has 0 bridgehead atoms. The fourth-order valence-corrected chi connectivity index (χ4v) is 1.31. The molecule has 1 aromatic heterocycles. The van der Waals surface area contributed by atoms with Crippen LogP contribution in [0.1, 0.15) is 11.3 Å². The lowest BCUT2D eigenvalue weighted by Gasteiger charge is -2.17. The molecule has 112 valence electrons. The minimum Gasteiger partial charge on any atom is -0.503 e. The lowest BCUT2D eigenvalue weighted by atomic mass is 10.1. The standard InChI is InChI=1S/C9H5F6NO4/c10-8(11,12)7-3(1-5(18)19)6(4(17)2-16-7)20-9(13,14)15/h2,17H,1H2,(H,18,19). The summed E-state index contributed by atoms with van der Waals surface area (Å²) in [6.07, 6.45) is -12.0. The van der Waals surface area contributed by atoms with Gasteiger partial charge in [0.05, 0.1) is 12.6 Å². The molecule has 0 spiro atoms. The van der Waals surface area contributed by atoms with Crippen molar-refractivity contribution in [3.05, 3.63) is 17.5 Å². The number of pyridine rings is 1. The van der Waals surface area contributed by atoms with E-state index in [9.17, 15) is 31.1 Å². The summed E-state index contributed by atoms with van der Waals surface area (Å²) in [4.78, 5) is 13.2. The highest BCUT2D eigenvalue weighted by molar-refractivity contribution is 5.72. The van der Waals surface area contributed by atoms with Crippen molar-refractivity contribution < 1.29 is 46.1 Å². The van der Waals surface area contributed by atoms with Gasteiger partial charge in [0, 0.05) is 5.56 Å². The monoisotopic (exact) mass is 305 g/mol. The van der Waals surface area contributed by atoms with Crippen molar-refractivity contribution in [1.29, 1.82) is 0 Å². The third-order valence-electron chi connectivity index (χ3n) is 1.92. The second-order valence-corrected chi connectivity index (χ2v) is 3.42. The van der Waals surface area contributed by atoms with E-state index in [4.69, 9.17) is 10.2 Å². The molecule has 0 saturated carbocycles. The summed E-state index contributed by atoms with van der Waals surface area (Å²) < 4.78 is 77.2. The summed E-state index contributed by atoms with van der Waals surface area (Å²) in [5.74, 6) is -4.84. The first-order valence-electron chi connectivity index (χ1n) is 4.67. The molecular formula is C9H5F6NO4. The molecule has 1 aromatic rings. The van der Waals surface area contributed by atoms with Crippen molar-refractivity contribution in [2.24, 2.45) is 0 Å². The lowest BCUT2D eigenvalue weighted by Crippen LogP contribution is -2.22. The van der Waals surface area contributed by atoms with E-state index in [2.05, 4.69) is 9.72 Å². The molecule has 5 nitrogen and oxygen atoms in total. The summed E-state index contributed by atoms with van der Waals surface area (Å²) >= 11 is 0. The topological polar surface area (TPSA) is 79.7 Å². The molecule has 11 heteroatoms. The fourth-order valence-electron chi connectivity index (χ4n) is 1.31. The van der Waals surface area contributed by atoms with Gasteiger partial charge in [0.2, 0.25) is 0 Å². The summed E-state index contributed by atoms with van der Waals surface area (Å²) in [5.41, 5.74) is -3.29. The number of alkyl halides is 6. The molecule has 0 amide bonds. The van der Waals surface area contributed by atoms with E-state index in [1.807, 2.05) is 0 Å². The predicted octanol–water partition coefficient (Wildman–Crippen LogP) is 2.33. The van der Waals surface area contributed by atoms with Crippen molar-refractivity contribution in [3.63, 3.8) is 0 Å². The predicted molar refractivity (Wildman–Crippen MR) is 48.9 cm³/mol. The van der Waals surface area contributed by atoms with Crippen LogP contribution < -0.4 is 4.74 Å². The number of hydrogen-bond donors (Lipinski definition) is 2. The number of rotatable bonds is 3. The van der Waals surface area contributed by atoms with Crippen molar-refractivity contribution in [2.75, 3.05) is 0 Å². The molecule has 20 heavy (non-hydrogen) atoms. The van der Waals surface area contributed by atoms with Crippen LogP contribution in [0, 0.1) is 0 Å². The highest BCUT2D eigenvalue weighted by Crippen LogP contribution is 2.41. The Balaban J connectivity index is 3.50. The Labute approximate surface area is 106 Å². The van der Waals surface area contributed by atoms with Crippen LogP contribution in [0.4, 0.5) is 26.3 Å². The number of halogens is 6. The molecule has 0 fully saturated rings. The van der Waals surface area contributed by atoms with Gasteiger partial charge in [0.25, 0.3) is 0 Å². The van der Waals surface area contributed by atoms with E-state index < -0.39 is 47.7 Å². The average molecular weight is 305 g/mol. The largest absolute Gasteiger partial charge is 0.573 e. The molecule has 0 radical (unpaired) electrons. The van der Waals surface area contributed by atoms with Crippen molar-refractivity contribution >= 4 is 5.97 Å². The first kappa shape index (κ1) is 15.9. The zero-order chi connectivity index (χ0) is 15.7. The summed E-state index contributed by atoms with van der Waals surface area (Å²) in [7, 11) is 0. The van der Waals surface area contributed by atoms with Gasteiger partial charge in [-0.15, -0.1) is 13.2 Å². The second-order valence-electron chi connectivity index (χ2n) is 3.42. The van der Waals surface area contributed by atoms with Gasteiger partial charge in [-0.05, 0) is 0 Å². The zero-order valence-electron chi connectivity index (χ0n) is 9.21. The fraction of sp³-hybridized carbons (Fsp3) is 0.333. The Bertz CT molecular complexity index is 524. The van der Waals surface area contributed by atoms with Gasteiger partial charge in [0.15, 0.2) is 17.2 Å². The maximum atomic E-state index is 12.6. The molecule has 0 atom stereocenters. The number of aromatic nitrogens is 1. The van der Waals surface area contributed by atoms with Gasteiger partial charge < -0.3 is 14.9 Å². The Hall–Kier alpha value is -2.20. The van der Waals surface area contributed by atoms with Crippen LogP contribution in [-0.2, 0) is 17.4 Å². The number of carboxylic acid groups (broad SMARTS) is 1. The molecule has 0 aliphatic carbocycles. The Morgan fingerprint density at radius 3 is 2.20 bits per heavy atom. The van der Waals surface area contributed by atoms with Gasteiger partial charge in [-0.25, -0.2) is 4.98 Å². The zero-order valence-corrected chi connectivity index (χ0v) is 9.21. The van der Waals surface area contributed by atoms with Crippen molar-refractivity contribution in [2.45, 2.75) is 19.0 Å². The minimum absolute atomic E-state index is 0.0925. The molecule has 0 unspecified atom stereocenters. The quantitative estimate of drug-likeness (QED) is 0.838. The lowest BCUT2D eigenvalue weighted by molar-refractivity contribution is -0.275. The summed E-state index contributed by atoms with van der Waals surface area (Å²) in [6, 6.07) is 0. The van der Waals surface area contributed by atoms with Crippen LogP contribution in [0.25, 0.3) is 0 Å². The van der Waals surface area contributed by atoms with Crippen molar-refractivity contribution in [1.82, 2.24) is 4.98 Å². The van der Waals surface area contributed by atoms with Gasteiger partial charge in [-0.1, -0.05) is 0 Å². The van der Waals surface area contributed by atoms with Crippen LogP contribution >= 0.6 is 0 Å². The number of hydrogen-bond acceptors (Lipinski definition) is 4. The third kappa shape index (κ3) is 3.90. The van der Waals surface area contributed by atoms with E-state index in [1.54, 1.807) is 0 Å². The number of aromatic hydroxyl groups is 1. The molecule has 1 rings (SSSR count). The molecule has 1 heterocycles. The number of ether oxygens (including phenoxy) is 1. The number of nitrogens with zero attached hydrogens (tertiary/aromatic N) is 1. The number of carbonyl (C=O) groups is 1. The summed E-state index contributed by atoms with van der Waals surface area (Å²) in [6.45, 7) is 0. The van der Waals surface area contributed by atoms with Crippen molar-refractivity contribution in [3.8, 4) is 11.5 Å². The molecule has 2 N–H and O–H groups in total. The maximum Gasteiger partial charge on any atom is 0.573 e. The third-order valence-corrected chi connectivity index (χ3v) is 1.92. The minimum atomic E-state index is -5.41. The van der Waals surface area contributed by atoms with Crippen LogP contribution in [0.3, 0.4) is 0 Å². The second kappa shape index (κ2) is 5.06. The number of carboxylic acids is 1. The average Bonchev–Trinajstić information content (AvgIpc) is 2.19. The van der Waals surface area contributed by atoms with E-state index in [-0.39, 0.29) is 6.20 Å². The van der Waals surface area contributed by atoms with Gasteiger partial charge in [-0.3, -0.25) is 4.79 Å². The first-order valence-corrected chi connectivity index (χ1v) is 4.67. The highest BCUT2D eigenvalue weighted by atomic mass is 19.4. The van der Waals surface area contributed by atoms with E-state index in [0.29, 0.717) is 0 Å². The van der Waals surface area contributed by atoms with Crippen LogP contribution in [0.2, 0.25) is 0 Å². The van der Waals surface area contributed by atoms with Gasteiger partial charge in [0.1, 0.15) is 0 Å². The normalized spacial score (nSPS) is 12.3. The molecule has 0 aromatic carbocycles. The molecule has 0 aliphatic rings. The molecular weight excluding hydrogens is 300 g/mol.